The summed E-state index contributed by atoms with van der Waals surface area (Å²) < 4.78 is 1.91. The zero-order chi connectivity index (χ0) is 20.2. The minimum absolute atomic E-state index is 0.621. The van der Waals surface area contributed by atoms with Gasteiger partial charge in [-0.15, -0.1) is 0 Å². The highest BCUT2D eigenvalue weighted by molar-refractivity contribution is 5.99. The Kier molecular flexibility index (Phi) is 4.79. The largest absolute Gasteiger partial charge is 0.339 e. The molecule has 6 nitrogen and oxygen atoms in total. The summed E-state index contributed by atoms with van der Waals surface area (Å²) >= 11 is 0. The summed E-state index contributed by atoms with van der Waals surface area (Å²) in [5, 5.41) is 12.5. The molecule has 5 rings (SSSR count). The van der Waals surface area contributed by atoms with Gasteiger partial charge in [0.2, 0.25) is 0 Å². The van der Waals surface area contributed by atoms with Crippen LogP contribution in [0.2, 0.25) is 0 Å². The molecular formula is C24H20N6. The van der Waals surface area contributed by atoms with Crippen LogP contribution in [0.15, 0.2) is 97.3 Å². The lowest BCUT2D eigenvalue weighted by molar-refractivity contribution is 0.707. The van der Waals surface area contributed by atoms with Crippen molar-refractivity contribution in [3.05, 3.63) is 103 Å². The highest BCUT2D eigenvalue weighted by atomic mass is 15.3. The maximum absolute atomic E-state index is 4.85. The second kappa shape index (κ2) is 8.05. The summed E-state index contributed by atoms with van der Waals surface area (Å²) in [6.07, 6.45) is 1.57. The number of anilines is 4. The normalized spacial score (nSPS) is 10.8. The molecule has 3 aromatic carbocycles. The zero-order valence-electron chi connectivity index (χ0n) is 16.2. The van der Waals surface area contributed by atoms with Crippen molar-refractivity contribution in [3.63, 3.8) is 0 Å². The van der Waals surface area contributed by atoms with Crippen molar-refractivity contribution in [2.24, 2.45) is 0 Å². The van der Waals surface area contributed by atoms with Crippen molar-refractivity contribution in [2.45, 2.75) is 6.54 Å². The van der Waals surface area contributed by atoms with Gasteiger partial charge in [-0.1, -0.05) is 66.7 Å². The molecule has 0 unspecified atom stereocenters. The smallest absolute Gasteiger partial charge is 0.165 e. The SMILES string of the molecule is c1ccc(Cn2nc(Nc3ccccc3)c3c(Nc4ccccc4)ncnc32)cc1. The molecule has 0 radical (unpaired) electrons. The molecule has 6 heteroatoms. The van der Waals surface area contributed by atoms with Gasteiger partial charge in [0.1, 0.15) is 17.5 Å². The standard InChI is InChI=1S/C24H20N6/c1-4-10-18(11-5-1)16-30-24-21(23(29-30)28-20-14-8-3-9-15-20)22(25-17-26-24)27-19-12-6-2-7-13-19/h1-15,17H,16H2,(H,28,29)(H,25,26,27). The summed E-state index contributed by atoms with van der Waals surface area (Å²) in [5.74, 6) is 1.43. The molecular weight excluding hydrogens is 372 g/mol. The van der Waals surface area contributed by atoms with Crippen LogP contribution in [-0.2, 0) is 6.54 Å². The molecule has 0 amide bonds. The molecule has 30 heavy (non-hydrogen) atoms. The van der Waals surface area contributed by atoms with Crippen LogP contribution in [0.4, 0.5) is 23.0 Å². The second-order valence-corrected chi connectivity index (χ2v) is 6.89. The van der Waals surface area contributed by atoms with Gasteiger partial charge in [-0.25, -0.2) is 14.6 Å². The van der Waals surface area contributed by atoms with Gasteiger partial charge in [0.15, 0.2) is 11.5 Å². The predicted octanol–water partition coefficient (Wildman–Crippen LogP) is 5.36. The number of aromatic nitrogens is 4. The van der Waals surface area contributed by atoms with E-state index < -0.39 is 0 Å². The highest BCUT2D eigenvalue weighted by Gasteiger charge is 2.17. The van der Waals surface area contributed by atoms with Crippen molar-refractivity contribution in [2.75, 3.05) is 10.6 Å². The summed E-state index contributed by atoms with van der Waals surface area (Å²) in [7, 11) is 0. The van der Waals surface area contributed by atoms with Gasteiger partial charge in [-0.3, -0.25) is 0 Å². The van der Waals surface area contributed by atoms with Gasteiger partial charge in [0, 0.05) is 11.4 Å². The molecule has 0 saturated heterocycles. The third-order valence-corrected chi connectivity index (χ3v) is 4.78. The molecule has 0 bridgehead atoms. The van der Waals surface area contributed by atoms with E-state index in [1.807, 2.05) is 83.5 Å². The van der Waals surface area contributed by atoms with Crippen molar-refractivity contribution >= 4 is 34.0 Å². The van der Waals surface area contributed by atoms with Crippen molar-refractivity contribution in [1.29, 1.82) is 0 Å². The summed E-state index contributed by atoms with van der Waals surface area (Å²) in [6, 6.07) is 30.2. The van der Waals surface area contributed by atoms with Crippen molar-refractivity contribution < 1.29 is 0 Å². The van der Waals surface area contributed by atoms with Gasteiger partial charge < -0.3 is 10.6 Å². The molecule has 0 fully saturated rings. The summed E-state index contributed by atoms with van der Waals surface area (Å²) in [5.41, 5.74) is 3.84. The van der Waals surface area contributed by atoms with E-state index in [4.69, 9.17) is 5.10 Å². The Labute approximate surface area is 174 Å². The van der Waals surface area contributed by atoms with E-state index in [0.717, 1.165) is 28.0 Å². The van der Waals surface area contributed by atoms with Gasteiger partial charge in [-0.2, -0.15) is 5.10 Å². The lowest BCUT2D eigenvalue weighted by atomic mass is 10.2. The van der Waals surface area contributed by atoms with Crippen LogP contribution in [0, 0.1) is 0 Å². The fraction of sp³-hybridized carbons (Fsp3) is 0.0417. The minimum Gasteiger partial charge on any atom is -0.339 e. The van der Waals surface area contributed by atoms with E-state index in [1.165, 1.54) is 0 Å². The van der Waals surface area contributed by atoms with E-state index in [-0.39, 0.29) is 0 Å². The number of nitrogens with one attached hydrogen (secondary N) is 2. The number of nitrogens with zero attached hydrogens (tertiary/aromatic N) is 4. The topological polar surface area (TPSA) is 67.7 Å². The Morgan fingerprint density at radius 1 is 0.633 bits per heavy atom. The molecule has 0 saturated carbocycles. The number of hydrogen-bond acceptors (Lipinski definition) is 5. The van der Waals surface area contributed by atoms with E-state index >= 15 is 0 Å². The maximum atomic E-state index is 4.85. The minimum atomic E-state index is 0.621. The Bertz CT molecular complexity index is 1250. The second-order valence-electron chi connectivity index (χ2n) is 6.89. The van der Waals surface area contributed by atoms with Crippen LogP contribution >= 0.6 is 0 Å². The molecule has 0 aliphatic heterocycles. The molecule has 5 aromatic rings. The fourth-order valence-corrected chi connectivity index (χ4v) is 3.37. The van der Waals surface area contributed by atoms with Gasteiger partial charge in [-0.05, 0) is 29.8 Å². The Balaban J connectivity index is 1.61. The van der Waals surface area contributed by atoms with E-state index in [9.17, 15) is 0 Å². The van der Waals surface area contributed by atoms with Crippen LogP contribution in [0.1, 0.15) is 5.56 Å². The maximum Gasteiger partial charge on any atom is 0.165 e. The first-order valence-corrected chi connectivity index (χ1v) is 9.76. The zero-order valence-corrected chi connectivity index (χ0v) is 16.2. The fourth-order valence-electron chi connectivity index (χ4n) is 3.37. The van der Waals surface area contributed by atoms with Crippen molar-refractivity contribution in [1.82, 2.24) is 19.7 Å². The van der Waals surface area contributed by atoms with E-state index in [1.54, 1.807) is 6.33 Å². The first kappa shape index (κ1) is 17.9. The Morgan fingerprint density at radius 3 is 1.83 bits per heavy atom. The average molecular weight is 392 g/mol. The average Bonchev–Trinajstić information content (AvgIpc) is 3.14. The predicted molar refractivity (Wildman–Crippen MR) is 120 cm³/mol. The third kappa shape index (κ3) is 3.71. The van der Waals surface area contributed by atoms with Crippen molar-refractivity contribution in [3.8, 4) is 0 Å². The van der Waals surface area contributed by atoms with Gasteiger partial charge in [0.05, 0.1) is 6.54 Å². The van der Waals surface area contributed by atoms with E-state index in [2.05, 4.69) is 32.7 Å². The van der Waals surface area contributed by atoms with Crippen LogP contribution < -0.4 is 10.6 Å². The Morgan fingerprint density at radius 2 is 1.20 bits per heavy atom. The van der Waals surface area contributed by atoms with Gasteiger partial charge in [0.25, 0.3) is 0 Å². The van der Waals surface area contributed by atoms with Gasteiger partial charge >= 0.3 is 0 Å². The quantitative estimate of drug-likeness (QED) is 0.407. The molecule has 2 aromatic heterocycles. The number of hydrogen-bond donors (Lipinski definition) is 2. The molecule has 146 valence electrons. The number of benzene rings is 3. The summed E-state index contributed by atoms with van der Waals surface area (Å²) in [4.78, 5) is 9.06. The van der Waals surface area contributed by atoms with Crippen LogP contribution in [0.3, 0.4) is 0 Å². The number of rotatable bonds is 6. The molecule has 0 atom stereocenters. The highest BCUT2D eigenvalue weighted by Crippen LogP contribution is 2.31. The molecule has 0 aliphatic carbocycles. The molecule has 2 heterocycles. The number of para-hydroxylation sites is 2. The molecule has 0 aliphatic rings. The number of fused-ring (bicyclic) bond motifs is 1. The van der Waals surface area contributed by atoms with Crippen LogP contribution in [0.25, 0.3) is 11.0 Å². The van der Waals surface area contributed by atoms with Crippen LogP contribution in [0.5, 0.6) is 0 Å². The molecule has 0 spiro atoms. The Hall–Kier alpha value is -4.19. The lowest BCUT2D eigenvalue weighted by Gasteiger charge is -2.08. The first-order valence-electron chi connectivity index (χ1n) is 9.76. The third-order valence-electron chi connectivity index (χ3n) is 4.78. The summed E-state index contributed by atoms with van der Waals surface area (Å²) in [6.45, 7) is 0.621. The first-order chi connectivity index (χ1) is 14.9. The lowest BCUT2D eigenvalue weighted by Crippen LogP contribution is -2.03. The van der Waals surface area contributed by atoms with Crippen LogP contribution in [-0.4, -0.2) is 19.7 Å². The monoisotopic (exact) mass is 392 g/mol. The molecule has 2 N–H and O–H groups in total. The van der Waals surface area contributed by atoms with E-state index in [0.29, 0.717) is 18.2 Å².